The zero-order chi connectivity index (χ0) is 15.0. The van der Waals surface area contributed by atoms with Crippen molar-refractivity contribution < 1.29 is 19.8 Å². The van der Waals surface area contributed by atoms with Gasteiger partial charge in [0, 0.05) is 5.92 Å². The van der Waals surface area contributed by atoms with E-state index in [1.165, 1.54) is 0 Å². The second kappa shape index (κ2) is 5.81. The number of halogens is 1. The SMILES string of the molecule is Cl.O=C(O)C1(C(=O)O)c2ccccc2CC1c1ccccc1. The van der Waals surface area contributed by atoms with Crippen LogP contribution in [0.2, 0.25) is 0 Å². The van der Waals surface area contributed by atoms with Gasteiger partial charge in [0.2, 0.25) is 0 Å². The minimum absolute atomic E-state index is 0. The molecule has 4 nitrogen and oxygen atoms in total. The highest BCUT2D eigenvalue weighted by Gasteiger charge is 2.59. The van der Waals surface area contributed by atoms with Crippen molar-refractivity contribution in [1.82, 2.24) is 0 Å². The zero-order valence-electron chi connectivity index (χ0n) is 11.6. The summed E-state index contributed by atoms with van der Waals surface area (Å²) >= 11 is 0. The Balaban J connectivity index is 0.00000176. The molecule has 22 heavy (non-hydrogen) atoms. The van der Waals surface area contributed by atoms with Gasteiger partial charge in [-0.15, -0.1) is 12.4 Å². The molecule has 1 aliphatic carbocycles. The highest BCUT2D eigenvalue weighted by atomic mass is 35.5. The third-order valence-electron chi connectivity index (χ3n) is 4.27. The molecule has 1 aliphatic rings. The predicted molar refractivity (Wildman–Crippen MR) is 83.5 cm³/mol. The van der Waals surface area contributed by atoms with Crippen LogP contribution in [0.3, 0.4) is 0 Å². The number of rotatable bonds is 3. The number of carboxylic acid groups (broad SMARTS) is 2. The quantitative estimate of drug-likeness (QED) is 0.853. The van der Waals surface area contributed by atoms with Crippen molar-refractivity contribution in [3.05, 3.63) is 71.3 Å². The lowest BCUT2D eigenvalue weighted by molar-refractivity contribution is -0.158. The van der Waals surface area contributed by atoms with Gasteiger partial charge in [-0.3, -0.25) is 9.59 Å². The average Bonchev–Trinajstić information content (AvgIpc) is 2.84. The Morgan fingerprint density at radius 1 is 0.909 bits per heavy atom. The van der Waals surface area contributed by atoms with Gasteiger partial charge in [0.05, 0.1) is 0 Å². The van der Waals surface area contributed by atoms with Crippen LogP contribution >= 0.6 is 12.4 Å². The van der Waals surface area contributed by atoms with Crippen molar-refractivity contribution in [2.24, 2.45) is 0 Å². The maximum Gasteiger partial charge on any atom is 0.326 e. The monoisotopic (exact) mass is 318 g/mol. The molecule has 0 heterocycles. The Labute approximate surface area is 133 Å². The van der Waals surface area contributed by atoms with Crippen LogP contribution in [-0.4, -0.2) is 22.2 Å². The first-order chi connectivity index (χ1) is 10.1. The van der Waals surface area contributed by atoms with Crippen molar-refractivity contribution in [2.45, 2.75) is 17.8 Å². The number of fused-ring (bicyclic) bond motifs is 1. The van der Waals surface area contributed by atoms with Crippen molar-refractivity contribution in [2.75, 3.05) is 0 Å². The third-order valence-corrected chi connectivity index (χ3v) is 4.27. The topological polar surface area (TPSA) is 74.6 Å². The molecule has 0 aliphatic heterocycles. The maximum atomic E-state index is 11.9. The molecule has 0 saturated heterocycles. The van der Waals surface area contributed by atoms with Crippen LogP contribution in [0.4, 0.5) is 0 Å². The van der Waals surface area contributed by atoms with Gasteiger partial charge in [0.25, 0.3) is 0 Å². The van der Waals surface area contributed by atoms with Crippen molar-refractivity contribution >= 4 is 24.3 Å². The molecule has 0 amide bonds. The molecule has 0 spiro atoms. The summed E-state index contributed by atoms with van der Waals surface area (Å²) in [6.07, 6.45) is 0.415. The normalized spacial score (nSPS) is 18.1. The zero-order valence-corrected chi connectivity index (χ0v) is 12.4. The fourth-order valence-electron chi connectivity index (χ4n) is 3.32. The van der Waals surface area contributed by atoms with E-state index < -0.39 is 23.3 Å². The Kier molecular flexibility index (Phi) is 4.24. The van der Waals surface area contributed by atoms with E-state index in [9.17, 15) is 19.8 Å². The van der Waals surface area contributed by atoms with E-state index >= 15 is 0 Å². The first-order valence-electron chi connectivity index (χ1n) is 6.68. The second-order valence-corrected chi connectivity index (χ2v) is 5.24. The lowest BCUT2D eigenvalue weighted by Gasteiger charge is -2.28. The molecule has 0 radical (unpaired) electrons. The van der Waals surface area contributed by atoms with E-state index in [1.807, 2.05) is 6.07 Å². The fourth-order valence-corrected chi connectivity index (χ4v) is 3.32. The van der Waals surface area contributed by atoms with E-state index in [0.717, 1.165) is 11.1 Å². The number of benzene rings is 2. The number of carbonyl (C=O) groups is 2. The van der Waals surface area contributed by atoms with Gasteiger partial charge in [-0.05, 0) is 23.1 Å². The molecule has 0 fully saturated rings. The third kappa shape index (κ3) is 2.07. The van der Waals surface area contributed by atoms with Crippen LogP contribution in [-0.2, 0) is 21.4 Å². The van der Waals surface area contributed by atoms with E-state index in [2.05, 4.69) is 0 Å². The Hall–Kier alpha value is -2.33. The number of carboxylic acids is 2. The molecular formula is C17H15ClO4. The molecule has 2 aromatic rings. The Bertz CT molecular complexity index is 698. The summed E-state index contributed by atoms with van der Waals surface area (Å²) in [4.78, 5) is 23.9. The highest BCUT2D eigenvalue weighted by molar-refractivity contribution is 6.07. The van der Waals surface area contributed by atoms with Crippen LogP contribution in [0.25, 0.3) is 0 Å². The van der Waals surface area contributed by atoms with E-state index in [4.69, 9.17) is 0 Å². The largest absolute Gasteiger partial charge is 0.480 e. The van der Waals surface area contributed by atoms with Crippen LogP contribution in [0.15, 0.2) is 54.6 Å². The maximum absolute atomic E-state index is 11.9. The Morgan fingerprint density at radius 3 is 2.05 bits per heavy atom. The van der Waals surface area contributed by atoms with Crippen molar-refractivity contribution in [3.63, 3.8) is 0 Å². The lowest BCUT2D eigenvalue weighted by atomic mass is 9.72. The van der Waals surface area contributed by atoms with Gasteiger partial charge in [0.15, 0.2) is 5.41 Å². The minimum atomic E-state index is -1.92. The summed E-state index contributed by atoms with van der Waals surface area (Å²) in [6, 6.07) is 15.9. The minimum Gasteiger partial charge on any atom is -0.480 e. The van der Waals surface area contributed by atoms with Crippen LogP contribution in [0, 0.1) is 0 Å². The summed E-state index contributed by atoms with van der Waals surface area (Å²) < 4.78 is 0. The van der Waals surface area contributed by atoms with Crippen LogP contribution in [0.1, 0.15) is 22.6 Å². The molecular weight excluding hydrogens is 304 g/mol. The summed E-state index contributed by atoms with van der Waals surface area (Å²) in [5, 5.41) is 19.5. The summed E-state index contributed by atoms with van der Waals surface area (Å²) in [7, 11) is 0. The van der Waals surface area contributed by atoms with E-state index in [-0.39, 0.29) is 12.4 Å². The van der Waals surface area contributed by atoms with Gasteiger partial charge in [0.1, 0.15) is 0 Å². The van der Waals surface area contributed by atoms with Gasteiger partial charge in [-0.1, -0.05) is 54.6 Å². The molecule has 0 saturated carbocycles. The molecule has 3 rings (SSSR count). The van der Waals surface area contributed by atoms with Gasteiger partial charge in [-0.2, -0.15) is 0 Å². The molecule has 2 N–H and O–H groups in total. The molecule has 0 bridgehead atoms. The van der Waals surface area contributed by atoms with Crippen LogP contribution in [0.5, 0.6) is 0 Å². The summed E-state index contributed by atoms with van der Waals surface area (Å²) in [6.45, 7) is 0. The van der Waals surface area contributed by atoms with Gasteiger partial charge < -0.3 is 10.2 Å². The Morgan fingerprint density at radius 2 is 1.45 bits per heavy atom. The lowest BCUT2D eigenvalue weighted by Crippen LogP contribution is -2.46. The van der Waals surface area contributed by atoms with Crippen molar-refractivity contribution in [3.8, 4) is 0 Å². The molecule has 114 valence electrons. The molecule has 1 atom stereocenters. The summed E-state index contributed by atoms with van der Waals surface area (Å²) in [5.74, 6) is -3.23. The van der Waals surface area contributed by atoms with E-state index in [0.29, 0.717) is 12.0 Å². The molecule has 0 aromatic heterocycles. The first kappa shape index (κ1) is 16.0. The number of aliphatic carboxylic acids is 2. The second-order valence-electron chi connectivity index (χ2n) is 5.24. The molecule has 1 unspecified atom stereocenters. The first-order valence-corrected chi connectivity index (χ1v) is 6.68. The van der Waals surface area contributed by atoms with Gasteiger partial charge in [-0.25, -0.2) is 0 Å². The predicted octanol–water partition coefficient (Wildman–Crippen LogP) is 2.86. The van der Waals surface area contributed by atoms with E-state index in [1.54, 1.807) is 48.5 Å². The molecule has 5 heteroatoms. The standard InChI is InChI=1S/C17H14O4.ClH/c18-15(19)17(16(20)21)13-9-5-4-8-12(13)10-14(17)11-6-2-1-3-7-11;/h1-9,14H,10H2,(H,18,19)(H,20,21);1H. The smallest absolute Gasteiger partial charge is 0.326 e. The van der Waals surface area contributed by atoms with Crippen LogP contribution < -0.4 is 0 Å². The number of hydrogen-bond acceptors (Lipinski definition) is 2. The van der Waals surface area contributed by atoms with Crippen molar-refractivity contribution in [1.29, 1.82) is 0 Å². The average molecular weight is 319 g/mol. The number of hydrogen-bond donors (Lipinski definition) is 2. The fraction of sp³-hybridized carbons (Fsp3) is 0.176. The van der Waals surface area contributed by atoms with Gasteiger partial charge >= 0.3 is 11.9 Å². The summed E-state index contributed by atoms with van der Waals surface area (Å²) in [5.41, 5.74) is -0.00805. The molecule has 2 aromatic carbocycles. The highest BCUT2D eigenvalue weighted by Crippen LogP contribution is 2.49.